The van der Waals surface area contributed by atoms with Gasteiger partial charge >= 0.3 is 5.97 Å². The number of nitrogens with two attached hydrogens (primary N) is 1. The minimum atomic E-state index is -2.87. The summed E-state index contributed by atoms with van der Waals surface area (Å²) in [6, 6.07) is 0.979. The Hall–Kier alpha value is -1.08. The van der Waals surface area contributed by atoms with E-state index in [0.29, 0.717) is 0 Å². The lowest BCUT2D eigenvalue weighted by Crippen LogP contribution is -2.13. The number of hydrogen-bond acceptors (Lipinski definition) is 3. The van der Waals surface area contributed by atoms with E-state index in [0.717, 1.165) is 6.07 Å². The van der Waals surface area contributed by atoms with Crippen LogP contribution in [0.2, 0.25) is 0 Å². The summed E-state index contributed by atoms with van der Waals surface area (Å²) in [5.74, 6) is -1.45. The van der Waals surface area contributed by atoms with Gasteiger partial charge in [0.05, 0.1) is 11.3 Å². The number of nitrogens with zero attached hydrogens (tertiary/aromatic N) is 1. The molecule has 0 saturated carbocycles. The summed E-state index contributed by atoms with van der Waals surface area (Å²) in [6.07, 6.45) is -2.87. The van der Waals surface area contributed by atoms with E-state index in [2.05, 4.69) is 20.9 Å². The van der Waals surface area contributed by atoms with E-state index in [9.17, 15) is 13.6 Å². The second-order valence-corrected chi connectivity index (χ2v) is 3.48. The molecule has 82 valence electrons. The fourth-order valence-corrected chi connectivity index (χ4v) is 1.61. The maximum atomic E-state index is 12.5. The summed E-state index contributed by atoms with van der Waals surface area (Å²) in [7, 11) is 0. The van der Waals surface area contributed by atoms with E-state index in [1.54, 1.807) is 0 Å². The molecule has 0 amide bonds. The van der Waals surface area contributed by atoms with E-state index in [1.807, 2.05) is 0 Å². The van der Waals surface area contributed by atoms with E-state index < -0.39 is 23.5 Å². The van der Waals surface area contributed by atoms with E-state index in [4.69, 9.17) is 10.8 Å². The Labute approximate surface area is 92.2 Å². The molecular weight excluding hydrogens is 274 g/mol. The molecule has 3 N–H and O–H groups in total. The molecule has 15 heavy (non-hydrogen) atoms. The molecule has 1 heterocycles. The zero-order valence-electron chi connectivity index (χ0n) is 7.38. The number of rotatable bonds is 3. The molecule has 0 radical (unpaired) electrons. The molecular formula is C8H7BrF2N2O2. The molecule has 0 aromatic carbocycles. The first-order valence-corrected chi connectivity index (χ1v) is 4.67. The summed E-state index contributed by atoms with van der Waals surface area (Å²) in [5.41, 5.74) is 4.08. The van der Waals surface area contributed by atoms with Crippen LogP contribution < -0.4 is 5.73 Å². The predicted octanol–water partition coefficient (Wildman–Crippen LogP) is 1.94. The number of carbonyl (C=O) groups is 1. The Kier molecular flexibility index (Phi) is 3.70. The lowest BCUT2D eigenvalue weighted by molar-refractivity contribution is 0.0682. The summed E-state index contributed by atoms with van der Waals surface area (Å²) < 4.78 is 25.2. The Morgan fingerprint density at radius 1 is 1.67 bits per heavy atom. The van der Waals surface area contributed by atoms with Gasteiger partial charge in [-0.2, -0.15) is 0 Å². The van der Waals surface area contributed by atoms with Crippen LogP contribution in [-0.4, -0.2) is 16.1 Å². The first kappa shape index (κ1) is 12.0. The quantitative estimate of drug-likeness (QED) is 0.830. The molecule has 0 aliphatic carbocycles. The zero-order chi connectivity index (χ0) is 11.6. The Morgan fingerprint density at radius 3 is 2.67 bits per heavy atom. The fraction of sp³-hybridized carbons (Fsp3) is 0.250. The number of hydrogen-bond donors (Lipinski definition) is 2. The van der Waals surface area contributed by atoms with Crippen molar-refractivity contribution in [2.45, 2.75) is 13.0 Å². The van der Waals surface area contributed by atoms with Crippen molar-refractivity contribution in [2.75, 3.05) is 0 Å². The molecule has 0 aliphatic heterocycles. The molecule has 0 atom stereocenters. The standard InChI is InChI=1S/C8H7BrF2N2O2/c9-5-1-3(7(10)11)6(8(14)15)4(2-12)13-5/h1,7H,2,12H2,(H,14,15). The van der Waals surface area contributed by atoms with E-state index in [1.165, 1.54) is 0 Å². The number of halogens is 3. The highest BCUT2D eigenvalue weighted by molar-refractivity contribution is 9.10. The van der Waals surface area contributed by atoms with Gasteiger partial charge in [-0.1, -0.05) is 0 Å². The minimum absolute atomic E-state index is 0.0628. The smallest absolute Gasteiger partial charge is 0.338 e. The first-order chi connectivity index (χ1) is 6.97. The third kappa shape index (κ3) is 2.48. The van der Waals surface area contributed by atoms with Crippen LogP contribution in [0.15, 0.2) is 10.7 Å². The van der Waals surface area contributed by atoms with Crippen molar-refractivity contribution in [3.8, 4) is 0 Å². The lowest BCUT2D eigenvalue weighted by Gasteiger charge is -2.09. The molecule has 0 saturated heterocycles. The highest BCUT2D eigenvalue weighted by Gasteiger charge is 2.22. The topological polar surface area (TPSA) is 76.2 Å². The number of pyridine rings is 1. The first-order valence-electron chi connectivity index (χ1n) is 3.88. The van der Waals surface area contributed by atoms with Gasteiger partial charge in [-0.05, 0) is 22.0 Å². The van der Waals surface area contributed by atoms with Crippen molar-refractivity contribution < 1.29 is 18.7 Å². The highest BCUT2D eigenvalue weighted by atomic mass is 79.9. The third-order valence-electron chi connectivity index (χ3n) is 1.74. The van der Waals surface area contributed by atoms with Crippen molar-refractivity contribution in [2.24, 2.45) is 5.73 Å². The van der Waals surface area contributed by atoms with Gasteiger partial charge < -0.3 is 10.8 Å². The van der Waals surface area contributed by atoms with Gasteiger partial charge in [0.25, 0.3) is 6.43 Å². The average molecular weight is 281 g/mol. The van der Waals surface area contributed by atoms with Gasteiger partial charge in [0.1, 0.15) is 4.60 Å². The zero-order valence-corrected chi connectivity index (χ0v) is 8.96. The number of carboxylic acid groups (broad SMARTS) is 1. The molecule has 4 nitrogen and oxygen atoms in total. The van der Waals surface area contributed by atoms with Crippen molar-refractivity contribution in [3.05, 3.63) is 27.5 Å². The molecule has 1 rings (SSSR count). The molecule has 0 fully saturated rings. The van der Waals surface area contributed by atoms with Gasteiger partial charge in [0.2, 0.25) is 0 Å². The van der Waals surface area contributed by atoms with Gasteiger partial charge in [-0.25, -0.2) is 18.6 Å². The van der Waals surface area contributed by atoms with Crippen LogP contribution in [0, 0.1) is 0 Å². The lowest BCUT2D eigenvalue weighted by atomic mass is 10.1. The van der Waals surface area contributed by atoms with Gasteiger partial charge in [-0.15, -0.1) is 0 Å². The second-order valence-electron chi connectivity index (χ2n) is 2.67. The van der Waals surface area contributed by atoms with Crippen molar-refractivity contribution >= 4 is 21.9 Å². The van der Waals surface area contributed by atoms with Crippen molar-refractivity contribution in [1.29, 1.82) is 0 Å². The van der Waals surface area contributed by atoms with Gasteiger partial charge in [0, 0.05) is 12.1 Å². The Bertz CT molecular complexity index is 398. The second kappa shape index (κ2) is 4.63. The summed E-state index contributed by atoms with van der Waals surface area (Å²) in [4.78, 5) is 14.5. The third-order valence-corrected chi connectivity index (χ3v) is 2.14. The Morgan fingerprint density at radius 2 is 2.27 bits per heavy atom. The van der Waals surface area contributed by atoms with Crippen LogP contribution in [0.4, 0.5) is 8.78 Å². The monoisotopic (exact) mass is 280 g/mol. The summed E-state index contributed by atoms with van der Waals surface area (Å²) in [6.45, 7) is -0.208. The highest BCUT2D eigenvalue weighted by Crippen LogP contribution is 2.27. The van der Waals surface area contributed by atoms with Gasteiger partial charge in [-0.3, -0.25) is 0 Å². The molecule has 1 aromatic heterocycles. The fourth-order valence-electron chi connectivity index (χ4n) is 1.15. The number of carboxylic acids is 1. The van der Waals surface area contributed by atoms with Crippen LogP contribution in [0.1, 0.15) is 28.0 Å². The average Bonchev–Trinajstić information content (AvgIpc) is 2.15. The van der Waals surface area contributed by atoms with E-state index >= 15 is 0 Å². The molecule has 0 bridgehead atoms. The van der Waals surface area contributed by atoms with E-state index in [-0.39, 0.29) is 16.8 Å². The normalized spacial score (nSPS) is 10.7. The minimum Gasteiger partial charge on any atom is -0.478 e. The molecule has 0 spiro atoms. The van der Waals surface area contributed by atoms with Crippen molar-refractivity contribution in [3.63, 3.8) is 0 Å². The van der Waals surface area contributed by atoms with Crippen LogP contribution in [-0.2, 0) is 6.54 Å². The van der Waals surface area contributed by atoms with Gasteiger partial charge in [0.15, 0.2) is 0 Å². The number of alkyl halides is 2. The van der Waals surface area contributed by atoms with Crippen LogP contribution >= 0.6 is 15.9 Å². The molecule has 0 aliphatic rings. The van der Waals surface area contributed by atoms with Crippen LogP contribution in [0.25, 0.3) is 0 Å². The largest absolute Gasteiger partial charge is 0.478 e. The molecule has 1 aromatic rings. The predicted molar refractivity (Wildman–Crippen MR) is 51.7 cm³/mol. The maximum Gasteiger partial charge on any atom is 0.338 e. The van der Waals surface area contributed by atoms with Crippen LogP contribution in [0.5, 0.6) is 0 Å². The number of aromatic nitrogens is 1. The maximum absolute atomic E-state index is 12.5. The van der Waals surface area contributed by atoms with Crippen molar-refractivity contribution in [1.82, 2.24) is 4.98 Å². The molecule has 0 unspecified atom stereocenters. The van der Waals surface area contributed by atoms with Crippen LogP contribution in [0.3, 0.4) is 0 Å². The SMILES string of the molecule is NCc1nc(Br)cc(C(F)F)c1C(=O)O. The Balaban J connectivity index is 3.47. The summed E-state index contributed by atoms with van der Waals surface area (Å²) >= 11 is 2.91. The summed E-state index contributed by atoms with van der Waals surface area (Å²) in [5, 5.41) is 8.77. The molecule has 7 heteroatoms. The number of aromatic carboxylic acids is 1.